The third-order valence-corrected chi connectivity index (χ3v) is 4.58. The zero-order valence-corrected chi connectivity index (χ0v) is 17.6. The normalized spacial score (nSPS) is 10.6. The first-order valence-corrected chi connectivity index (χ1v) is 9.43. The summed E-state index contributed by atoms with van der Waals surface area (Å²) in [5.41, 5.74) is 6.13. The summed E-state index contributed by atoms with van der Waals surface area (Å²) in [6.07, 6.45) is 2.83. The maximum Gasteiger partial charge on any atom is 0.276 e. The first-order valence-electron chi connectivity index (χ1n) is 7.46. The second-order valence-corrected chi connectivity index (χ2v) is 7.39. The summed E-state index contributed by atoms with van der Waals surface area (Å²) in [5, 5.41) is 0.532. The van der Waals surface area contributed by atoms with Crippen molar-refractivity contribution in [3.8, 4) is 5.75 Å². The third kappa shape index (κ3) is 6.16. The predicted octanol–water partition coefficient (Wildman–Crippen LogP) is 4.41. The van der Waals surface area contributed by atoms with Crippen LogP contribution >= 0.6 is 43.5 Å². The van der Waals surface area contributed by atoms with Gasteiger partial charge in [-0.25, -0.2) is 0 Å². The summed E-state index contributed by atoms with van der Waals surface area (Å²) in [6.45, 7) is 1.62. The highest BCUT2D eigenvalue weighted by Gasteiger charge is 2.10. The van der Waals surface area contributed by atoms with Crippen molar-refractivity contribution in [1.82, 2.24) is 10.9 Å². The minimum absolute atomic E-state index is 0.240. The fraction of sp³-hybridized carbons (Fsp3) is 0.111. The lowest BCUT2D eigenvalue weighted by Crippen LogP contribution is -2.43. The molecule has 0 atom stereocenters. The van der Waals surface area contributed by atoms with Gasteiger partial charge in [-0.15, -0.1) is 0 Å². The van der Waals surface area contributed by atoms with Crippen LogP contribution in [0.25, 0.3) is 6.08 Å². The van der Waals surface area contributed by atoms with Crippen LogP contribution in [0.2, 0.25) is 5.02 Å². The van der Waals surface area contributed by atoms with Gasteiger partial charge in [0.15, 0.2) is 6.61 Å². The summed E-state index contributed by atoms with van der Waals surface area (Å²) < 4.78 is 7.12. The number of ether oxygens (including phenoxy) is 1. The smallest absolute Gasteiger partial charge is 0.276 e. The Hall–Kier alpha value is -1.83. The van der Waals surface area contributed by atoms with Gasteiger partial charge in [-0.05, 0) is 58.3 Å². The van der Waals surface area contributed by atoms with Crippen molar-refractivity contribution >= 4 is 61.4 Å². The molecule has 0 unspecified atom stereocenters. The number of hydrogen-bond donors (Lipinski definition) is 2. The van der Waals surface area contributed by atoms with Crippen LogP contribution in [0, 0.1) is 6.92 Å². The quantitative estimate of drug-likeness (QED) is 0.470. The second kappa shape index (κ2) is 9.75. The molecule has 2 N–H and O–H groups in total. The first-order chi connectivity index (χ1) is 12.4. The molecule has 2 aromatic rings. The number of carbonyl (C=O) groups excluding carboxylic acids is 2. The van der Waals surface area contributed by atoms with E-state index in [1.165, 1.54) is 6.08 Å². The molecule has 0 radical (unpaired) electrons. The molecule has 0 aromatic heterocycles. The molecule has 0 saturated carbocycles. The van der Waals surface area contributed by atoms with E-state index in [1.807, 2.05) is 25.1 Å². The highest BCUT2D eigenvalue weighted by molar-refractivity contribution is 9.11. The molecule has 0 aliphatic carbocycles. The van der Waals surface area contributed by atoms with Crippen molar-refractivity contribution in [2.75, 3.05) is 6.61 Å². The predicted molar refractivity (Wildman–Crippen MR) is 109 cm³/mol. The molecule has 0 fully saturated rings. The molecule has 0 aliphatic heterocycles. The van der Waals surface area contributed by atoms with Crippen molar-refractivity contribution in [2.24, 2.45) is 0 Å². The molecule has 0 heterocycles. The largest absolute Gasteiger partial charge is 0.482 e. The fourth-order valence-electron chi connectivity index (χ4n) is 1.99. The molecule has 2 rings (SSSR count). The Bertz CT molecular complexity index is 833. The minimum atomic E-state index is -0.487. The monoisotopic (exact) mass is 500 g/mol. The number of hydrogen-bond acceptors (Lipinski definition) is 3. The number of benzene rings is 2. The standard InChI is InChI=1S/C18H15Br2ClN2O3/c1-11-8-13(19)9-14(20)18(11)26-10-17(25)23-22-16(24)7-6-12-4-2-3-5-15(12)21/h2-9H,10H2,1H3,(H,22,24)(H,23,25). The van der Waals surface area contributed by atoms with E-state index in [9.17, 15) is 9.59 Å². The molecule has 0 spiro atoms. The van der Waals surface area contributed by atoms with Gasteiger partial charge in [-0.3, -0.25) is 20.4 Å². The summed E-state index contributed by atoms with van der Waals surface area (Å²) in [4.78, 5) is 23.6. The van der Waals surface area contributed by atoms with E-state index >= 15 is 0 Å². The van der Waals surface area contributed by atoms with Gasteiger partial charge in [-0.1, -0.05) is 45.7 Å². The Morgan fingerprint density at radius 3 is 2.62 bits per heavy atom. The van der Waals surface area contributed by atoms with Gasteiger partial charge in [0.05, 0.1) is 4.47 Å². The molecule has 0 bridgehead atoms. The lowest BCUT2D eigenvalue weighted by atomic mass is 10.2. The van der Waals surface area contributed by atoms with Crippen LogP contribution in [0.3, 0.4) is 0 Å². The molecular weight excluding hydrogens is 487 g/mol. The number of amides is 2. The fourth-order valence-corrected chi connectivity index (χ4v) is 3.75. The SMILES string of the molecule is Cc1cc(Br)cc(Br)c1OCC(=O)NNC(=O)C=Cc1ccccc1Cl. The Kier molecular flexibility index (Phi) is 7.68. The van der Waals surface area contributed by atoms with E-state index in [0.29, 0.717) is 16.3 Å². The van der Waals surface area contributed by atoms with Gasteiger partial charge in [-0.2, -0.15) is 0 Å². The molecule has 26 heavy (non-hydrogen) atoms. The number of hydrazine groups is 1. The average Bonchev–Trinajstić information content (AvgIpc) is 2.58. The lowest BCUT2D eigenvalue weighted by molar-refractivity contribution is -0.128. The molecule has 0 aliphatic rings. The van der Waals surface area contributed by atoms with Crippen LogP contribution in [0.5, 0.6) is 5.75 Å². The Balaban J connectivity index is 1.82. The zero-order chi connectivity index (χ0) is 19.1. The van der Waals surface area contributed by atoms with Crippen molar-refractivity contribution in [2.45, 2.75) is 6.92 Å². The van der Waals surface area contributed by atoms with E-state index in [1.54, 1.807) is 24.3 Å². The highest BCUT2D eigenvalue weighted by Crippen LogP contribution is 2.32. The van der Waals surface area contributed by atoms with Crippen LogP contribution < -0.4 is 15.6 Å². The van der Waals surface area contributed by atoms with E-state index in [4.69, 9.17) is 16.3 Å². The van der Waals surface area contributed by atoms with Gasteiger partial charge in [0.25, 0.3) is 11.8 Å². The topological polar surface area (TPSA) is 67.4 Å². The average molecular weight is 503 g/mol. The van der Waals surface area contributed by atoms with E-state index in [2.05, 4.69) is 42.7 Å². The first kappa shape index (κ1) is 20.5. The molecular formula is C18H15Br2ClN2O3. The Morgan fingerprint density at radius 2 is 1.92 bits per heavy atom. The number of carbonyl (C=O) groups is 2. The van der Waals surface area contributed by atoms with E-state index < -0.39 is 11.8 Å². The van der Waals surface area contributed by atoms with Gasteiger partial charge >= 0.3 is 0 Å². The van der Waals surface area contributed by atoms with Crippen LogP contribution in [-0.2, 0) is 9.59 Å². The summed E-state index contributed by atoms with van der Waals surface area (Å²) >= 11 is 12.8. The van der Waals surface area contributed by atoms with Gasteiger partial charge in [0.2, 0.25) is 0 Å². The van der Waals surface area contributed by atoms with Gasteiger partial charge < -0.3 is 4.74 Å². The highest BCUT2D eigenvalue weighted by atomic mass is 79.9. The van der Waals surface area contributed by atoms with Crippen LogP contribution in [-0.4, -0.2) is 18.4 Å². The maximum atomic E-state index is 11.8. The van der Waals surface area contributed by atoms with Gasteiger partial charge in [0, 0.05) is 15.6 Å². The molecule has 5 nitrogen and oxygen atoms in total. The summed E-state index contributed by atoms with van der Waals surface area (Å²) in [6, 6.07) is 10.8. The Morgan fingerprint density at radius 1 is 1.19 bits per heavy atom. The molecule has 8 heteroatoms. The summed E-state index contributed by atoms with van der Waals surface area (Å²) in [7, 11) is 0. The number of nitrogens with one attached hydrogen (secondary N) is 2. The van der Waals surface area contributed by atoms with E-state index in [-0.39, 0.29) is 6.61 Å². The number of aryl methyl sites for hydroxylation is 1. The molecule has 2 aromatic carbocycles. The van der Waals surface area contributed by atoms with Crippen molar-refractivity contribution in [3.05, 3.63) is 67.6 Å². The number of rotatable bonds is 5. The number of halogens is 3. The lowest BCUT2D eigenvalue weighted by Gasteiger charge is -2.12. The van der Waals surface area contributed by atoms with E-state index in [0.717, 1.165) is 14.5 Å². The summed E-state index contributed by atoms with van der Waals surface area (Å²) in [5.74, 6) is -0.411. The Labute approximate surface area is 173 Å². The van der Waals surface area contributed by atoms with Gasteiger partial charge in [0.1, 0.15) is 5.75 Å². The van der Waals surface area contributed by atoms with Crippen molar-refractivity contribution in [1.29, 1.82) is 0 Å². The molecule has 2 amide bonds. The zero-order valence-electron chi connectivity index (χ0n) is 13.7. The third-order valence-electron chi connectivity index (χ3n) is 3.19. The van der Waals surface area contributed by atoms with Crippen molar-refractivity contribution in [3.63, 3.8) is 0 Å². The second-order valence-electron chi connectivity index (χ2n) is 5.21. The van der Waals surface area contributed by atoms with Crippen LogP contribution in [0.1, 0.15) is 11.1 Å². The minimum Gasteiger partial charge on any atom is -0.482 e. The molecule has 0 saturated heterocycles. The van der Waals surface area contributed by atoms with Crippen LogP contribution in [0.15, 0.2) is 51.4 Å². The van der Waals surface area contributed by atoms with Crippen molar-refractivity contribution < 1.29 is 14.3 Å². The van der Waals surface area contributed by atoms with Crippen LogP contribution in [0.4, 0.5) is 0 Å². The molecule has 136 valence electrons. The maximum absolute atomic E-state index is 11.8.